The van der Waals surface area contributed by atoms with Gasteiger partial charge in [-0.1, -0.05) is 19.4 Å². The van der Waals surface area contributed by atoms with Crippen molar-refractivity contribution in [3.05, 3.63) is 29.6 Å². The summed E-state index contributed by atoms with van der Waals surface area (Å²) in [5.41, 5.74) is 0.747. The molecule has 1 saturated carbocycles. The van der Waals surface area contributed by atoms with Crippen LogP contribution in [-0.2, 0) is 6.42 Å². The molecule has 1 aliphatic carbocycles. The van der Waals surface area contributed by atoms with Crippen molar-refractivity contribution in [2.75, 3.05) is 0 Å². The fourth-order valence-electron chi connectivity index (χ4n) is 2.33. The molecule has 0 aromatic heterocycles. The van der Waals surface area contributed by atoms with Crippen molar-refractivity contribution >= 4 is 0 Å². The van der Waals surface area contributed by atoms with Crippen LogP contribution >= 0.6 is 0 Å². The molecular weight excluding hydrogens is 203 g/mol. The number of hydrogen-bond acceptors (Lipinski definition) is 1. The van der Waals surface area contributed by atoms with Crippen LogP contribution in [-0.4, -0.2) is 6.10 Å². The lowest BCUT2D eigenvalue weighted by Gasteiger charge is -2.16. The fourth-order valence-corrected chi connectivity index (χ4v) is 2.33. The zero-order chi connectivity index (χ0) is 11.4. The highest BCUT2D eigenvalue weighted by atomic mass is 19.1. The lowest BCUT2D eigenvalue weighted by Crippen LogP contribution is -2.12. The van der Waals surface area contributed by atoms with E-state index in [2.05, 4.69) is 6.92 Å². The Morgan fingerprint density at radius 1 is 1.31 bits per heavy atom. The van der Waals surface area contributed by atoms with Gasteiger partial charge in [-0.15, -0.1) is 0 Å². The molecule has 0 spiro atoms. The number of hydrogen-bond donors (Lipinski definition) is 0. The highest BCUT2D eigenvalue weighted by Gasteiger charge is 2.18. The average Bonchev–Trinajstić information content (AvgIpc) is 2.76. The first-order valence-electron chi connectivity index (χ1n) is 6.25. The van der Waals surface area contributed by atoms with Gasteiger partial charge in [-0.05, 0) is 44.2 Å². The Hall–Kier alpha value is -1.05. The molecule has 0 radical (unpaired) electrons. The van der Waals surface area contributed by atoms with Gasteiger partial charge < -0.3 is 4.74 Å². The van der Waals surface area contributed by atoms with Gasteiger partial charge in [-0.3, -0.25) is 0 Å². The summed E-state index contributed by atoms with van der Waals surface area (Å²) in [5.74, 6) is 0.631. The number of benzene rings is 1. The summed E-state index contributed by atoms with van der Waals surface area (Å²) < 4.78 is 19.5. The second kappa shape index (κ2) is 5.33. The van der Waals surface area contributed by atoms with Crippen LogP contribution in [0.4, 0.5) is 4.39 Å². The van der Waals surface area contributed by atoms with Crippen LogP contribution in [0.15, 0.2) is 18.2 Å². The lowest BCUT2D eigenvalue weighted by atomic mass is 10.1. The maximum absolute atomic E-state index is 13.6. The highest BCUT2D eigenvalue weighted by molar-refractivity contribution is 5.35. The molecule has 1 nitrogen and oxygen atoms in total. The summed E-state index contributed by atoms with van der Waals surface area (Å²) in [5, 5.41) is 0. The molecule has 1 aromatic carbocycles. The van der Waals surface area contributed by atoms with Gasteiger partial charge in [0.1, 0.15) is 11.6 Å². The molecule has 2 heteroatoms. The second-order valence-corrected chi connectivity index (χ2v) is 4.49. The molecule has 0 amide bonds. The van der Waals surface area contributed by atoms with E-state index in [4.69, 9.17) is 4.74 Å². The third-order valence-electron chi connectivity index (χ3n) is 3.17. The maximum Gasteiger partial charge on any atom is 0.130 e. The molecule has 0 atom stereocenters. The van der Waals surface area contributed by atoms with Crippen LogP contribution < -0.4 is 4.74 Å². The minimum atomic E-state index is -0.127. The molecule has 0 saturated heterocycles. The van der Waals surface area contributed by atoms with Gasteiger partial charge in [-0.25, -0.2) is 4.39 Å². The van der Waals surface area contributed by atoms with Crippen molar-refractivity contribution in [3.63, 3.8) is 0 Å². The van der Waals surface area contributed by atoms with Crippen LogP contribution in [0.1, 0.15) is 44.6 Å². The van der Waals surface area contributed by atoms with E-state index in [1.165, 1.54) is 18.9 Å². The predicted octanol–water partition coefficient (Wildman–Crippen LogP) is 4.10. The summed E-state index contributed by atoms with van der Waals surface area (Å²) in [6, 6.07) is 5.15. The smallest absolute Gasteiger partial charge is 0.130 e. The van der Waals surface area contributed by atoms with Crippen LogP contribution in [0, 0.1) is 5.82 Å². The normalized spacial score (nSPS) is 16.6. The third-order valence-corrected chi connectivity index (χ3v) is 3.17. The molecule has 0 bridgehead atoms. The standard InChI is InChI=1S/C14H19FO/c1-2-6-12-13(15)9-5-10-14(12)16-11-7-3-4-8-11/h5,9-11H,2-4,6-8H2,1H3. The van der Waals surface area contributed by atoms with Crippen molar-refractivity contribution in [2.24, 2.45) is 0 Å². The molecule has 0 N–H and O–H groups in total. The van der Waals surface area contributed by atoms with Crippen LogP contribution in [0.25, 0.3) is 0 Å². The maximum atomic E-state index is 13.6. The van der Waals surface area contributed by atoms with Crippen molar-refractivity contribution in [1.29, 1.82) is 0 Å². The first-order valence-corrected chi connectivity index (χ1v) is 6.25. The minimum Gasteiger partial charge on any atom is -0.490 e. The molecule has 0 aliphatic heterocycles. The second-order valence-electron chi connectivity index (χ2n) is 4.49. The monoisotopic (exact) mass is 222 g/mol. The van der Waals surface area contributed by atoms with E-state index in [1.807, 2.05) is 6.07 Å². The van der Waals surface area contributed by atoms with Crippen molar-refractivity contribution < 1.29 is 9.13 Å². The van der Waals surface area contributed by atoms with E-state index in [-0.39, 0.29) is 5.82 Å². The lowest BCUT2D eigenvalue weighted by molar-refractivity contribution is 0.207. The van der Waals surface area contributed by atoms with Gasteiger partial charge in [0.2, 0.25) is 0 Å². The Morgan fingerprint density at radius 2 is 2.06 bits per heavy atom. The van der Waals surface area contributed by atoms with Crippen molar-refractivity contribution in [1.82, 2.24) is 0 Å². The summed E-state index contributed by atoms with van der Waals surface area (Å²) in [6.07, 6.45) is 6.71. The SMILES string of the molecule is CCCc1c(F)cccc1OC1CCCC1. The van der Waals surface area contributed by atoms with E-state index >= 15 is 0 Å². The molecule has 1 aliphatic rings. The Labute approximate surface area is 96.6 Å². The Morgan fingerprint density at radius 3 is 2.75 bits per heavy atom. The zero-order valence-corrected chi connectivity index (χ0v) is 9.84. The molecule has 88 valence electrons. The fraction of sp³-hybridized carbons (Fsp3) is 0.571. The first-order chi connectivity index (χ1) is 7.81. The van der Waals surface area contributed by atoms with Crippen molar-refractivity contribution in [3.8, 4) is 5.75 Å². The van der Waals surface area contributed by atoms with Crippen LogP contribution in [0.5, 0.6) is 5.75 Å². The first kappa shape index (κ1) is 11.4. The van der Waals surface area contributed by atoms with E-state index in [1.54, 1.807) is 6.07 Å². The van der Waals surface area contributed by atoms with E-state index in [0.29, 0.717) is 6.10 Å². The molecule has 0 heterocycles. The van der Waals surface area contributed by atoms with Gasteiger partial charge in [0.25, 0.3) is 0 Å². The predicted molar refractivity (Wildman–Crippen MR) is 63.3 cm³/mol. The summed E-state index contributed by atoms with van der Waals surface area (Å²) in [4.78, 5) is 0. The summed E-state index contributed by atoms with van der Waals surface area (Å²) in [6.45, 7) is 2.06. The van der Waals surface area contributed by atoms with Gasteiger partial charge in [-0.2, -0.15) is 0 Å². The Kier molecular flexibility index (Phi) is 3.81. The van der Waals surface area contributed by atoms with Gasteiger partial charge in [0.15, 0.2) is 0 Å². The minimum absolute atomic E-state index is 0.127. The molecule has 0 unspecified atom stereocenters. The Balaban J connectivity index is 2.14. The zero-order valence-electron chi connectivity index (χ0n) is 9.84. The molecule has 16 heavy (non-hydrogen) atoms. The number of halogens is 1. The topological polar surface area (TPSA) is 9.23 Å². The Bertz CT molecular complexity index is 343. The number of rotatable bonds is 4. The summed E-state index contributed by atoms with van der Waals surface area (Å²) >= 11 is 0. The van der Waals surface area contributed by atoms with E-state index in [0.717, 1.165) is 37.0 Å². The van der Waals surface area contributed by atoms with Crippen LogP contribution in [0.3, 0.4) is 0 Å². The molecule has 2 rings (SSSR count). The van der Waals surface area contributed by atoms with Gasteiger partial charge >= 0.3 is 0 Å². The largest absolute Gasteiger partial charge is 0.490 e. The number of ether oxygens (including phenoxy) is 1. The van der Waals surface area contributed by atoms with E-state index in [9.17, 15) is 4.39 Å². The summed E-state index contributed by atoms with van der Waals surface area (Å²) in [7, 11) is 0. The van der Waals surface area contributed by atoms with Gasteiger partial charge in [0, 0.05) is 5.56 Å². The average molecular weight is 222 g/mol. The quantitative estimate of drug-likeness (QED) is 0.745. The van der Waals surface area contributed by atoms with Crippen molar-refractivity contribution in [2.45, 2.75) is 51.6 Å². The third kappa shape index (κ3) is 2.55. The van der Waals surface area contributed by atoms with Crippen LogP contribution in [0.2, 0.25) is 0 Å². The van der Waals surface area contributed by atoms with E-state index < -0.39 is 0 Å². The molecule has 1 fully saturated rings. The molecular formula is C14H19FO. The highest BCUT2D eigenvalue weighted by Crippen LogP contribution is 2.28. The van der Waals surface area contributed by atoms with Gasteiger partial charge in [0.05, 0.1) is 6.10 Å². The molecule has 1 aromatic rings.